The standard InChI is InChI=1S/C24H28N2O3/c1-4-26(5-2)19-11-12-20-17(3)21(24(28)29-22(20)15-19)13-14-23(27)25-16-18-9-7-6-8-10-18/h6-12,15H,4-5,13-14,16H2,1-3H3,(H,25,27). The van der Waals surface area contributed by atoms with E-state index in [2.05, 4.69) is 30.1 Å². The molecule has 3 rings (SSSR count). The fraction of sp³-hybridized carbons (Fsp3) is 0.333. The van der Waals surface area contributed by atoms with Crippen molar-refractivity contribution in [3.63, 3.8) is 0 Å². The van der Waals surface area contributed by atoms with Crippen LogP contribution in [-0.2, 0) is 17.8 Å². The van der Waals surface area contributed by atoms with Gasteiger partial charge in [-0.05, 0) is 50.5 Å². The molecule has 3 aromatic rings. The lowest BCUT2D eigenvalue weighted by Crippen LogP contribution is -2.24. The van der Waals surface area contributed by atoms with Crippen LogP contribution in [0.4, 0.5) is 5.69 Å². The second-order valence-electron chi connectivity index (χ2n) is 7.11. The van der Waals surface area contributed by atoms with E-state index in [9.17, 15) is 9.59 Å². The van der Waals surface area contributed by atoms with Gasteiger partial charge < -0.3 is 14.6 Å². The summed E-state index contributed by atoms with van der Waals surface area (Å²) >= 11 is 0. The quantitative estimate of drug-likeness (QED) is 0.584. The van der Waals surface area contributed by atoms with E-state index < -0.39 is 0 Å². The number of hydrogen-bond acceptors (Lipinski definition) is 4. The van der Waals surface area contributed by atoms with E-state index in [0.717, 1.165) is 35.3 Å². The van der Waals surface area contributed by atoms with E-state index in [0.29, 0.717) is 24.1 Å². The Labute approximate surface area is 171 Å². The third kappa shape index (κ3) is 4.86. The summed E-state index contributed by atoms with van der Waals surface area (Å²) in [6.07, 6.45) is 0.615. The molecule has 0 spiro atoms. The first-order chi connectivity index (χ1) is 14.0. The first kappa shape index (κ1) is 20.6. The van der Waals surface area contributed by atoms with Gasteiger partial charge in [-0.15, -0.1) is 0 Å². The minimum atomic E-state index is -0.359. The van der Waals surface area contributed by atoms with Crippen LogP contribution in [0.15, 0.2) is 57.7 Å². The van der Waals surface area contributed by atoms with Crippen molar-refractivity contribution < 1.29 is 9.21 Å². The number of nitrogens with one attached hydrogen (secondary N) is 1. The molecule has 5 nitrogen and oxygen atoms in total. The normalized spacial score (nSPS) is 10.9. The molecule has 0 atom stereocenters. The van der Waals surface area contributed by atoms with Crippen molar-refractivity contribution in [3.8, 4) is 0 Å². The summed E-state index contributed by atoms with van der Waals surface area (Å²) < 4.78 is 5.60. The largest absolute Gasteiger partial charge is 0.422 e. The summed E-state index contributed by atoms with van der Waals surface area (Å²) in [4.78, 5) is 27.0. The van der Waals surface area contributed by atoms with E-state index in [-0.39, 0.29) is 18.0 Å². The monoisotopic (exact) mass is 392 g/mol. The zero-order valence-electron chi connectivity index (χ0n) is 17.3. The van der Waals surface area contributed by atoms with E-state index in [1.807, 2.05) is 49.4 Å². The minimum Gasteiger partial charge on any atom is -0.422 e. The van der Waals surface area contributed by atoms with Gasteiger partial charge in [-0.3, -0.25) is 4.79 Å². The Balaban J connectivity index is 1.73. The number of carbonyl (C=O) groups is 1. The Morgan fingerprint density at radius 3 is 2.48 bits per heavy atom. The molecule has 2 aromatic carbocycles. The molecule has 29 heavy (non-hydrogen) atoms. The van der Waals surface area contributed by atoms with Crippen LogP contribution in [0.25, 0.3) is 11.0 Å². The van der Waals surface area contributed by atoms with Crippen molar-refractivity contribution in [2.45, 2.75) is 40.2 Å². The smallest absolute Gasteiger partial charge is 0.339 e. The number of fused-ring (bicyclic) bond motifs is 1. The van der Waals surface area contributed by atoms with Crippen molar-refractivity contribution in [2.24, 2.45) is 0 Å². The van der Waals surface area contributed by atoms with Crippen LogP contribution in [0.2, 0.25) is 0 Å². The van der Waals surface area contributed by atoms with Gasteiger partial charge in [0.25, 0.3) is 0 Å². The number of aryl methyl sites for hydroxylation is 1. The van der Waals surface area contributed by atoms with Crippen LogP contribution < -0.4 is 15.8 Å². The maximum absolute atomic E-state index is 12.6. The number of carbonyl (C=O) groups excluding carboxylic acids is 1. The van der Waals surface area contributed by atoms with Crippen LogP contribution in [0.3, 0.4) is 0 Å². The average molecular weight is 392 g/mol. The summed E-state index contributed by atoms with van der Waals surface area (Å²) in [5.41, 5.74) is 3.78. The molecule has 1 heterocycles. The van der Waals surface area contributed by atoms with Crippen molar-refractivity contribution >= 4 is 22.6 Å². The van der Waals surface area contributed by atoms with Crippen LogP contribution in [0.5, 0.6) is 0 Å². The first-order valence-electron chi connectivity index (χ1n) is 10.1. The molecular weight excluding hydrogens is 364 g/mol. The molecule has 0 unspecified atom stereocenters. The zero-order chi connectivity index (χ0) is 20.8. The fourth-order valence-electron chi connectivity index (χ4n) is 3.58. The van der Waals surface area contributed by atoms with Gasteiger partial charge >= 0.3 is 5.63 Å². The molecule has 0 aliphatic heterocycles. The van der Waals surface area contributed by atoms with Gasteiger partial charge in [0.1, 0.15) is 5.58 Å². The highest BCUT2D eigenvalue weighted by Gasteiger charge is 2.14. The second kappa shape index (κ2) is 9.41. The van der Waals surface area contributed by atoms with Gasteiger partial charge in [-0.1, -0.05) is 30.3 Å². The van der Waals surface area contributed by atoms with Crippen molar-refractivity contribution in [1.29, 1.82) is 0 Å². The van der Waals surface area contributed by atoms with Crippen molar-refractivity contribution in [1.82, 2.24) is 5.32 Å². The summed E-state index contributed by atoms with van der Waals surface area (Å²) in [6, 6.07) is 15.7. The molecule has 0 aliphatic rings. The lowest BCUT2D eigenvalue weighted by atomic mass is 10.0. The Kier molecular flexibility index (Phi) is 6.70. The molecule has 0 saturated carbocycles. The number of rotatable bonds is 8. The average Bonchev–Trinajstić information content (AvgIpc) is 2.73. The number of nitrogens with zero attached hydrogens (tertiary/aromatic N) is 1. The summed E-state index contributed by atoms with van der Waals surface area (Å²) in [6.45, 7) is 8.39. The third-order valence-electron chi connectivity index (χ3n) is 5.33. The molecule has 0 fully saturated rings. The van der Waals surface area contributed by atoms with E-state index >= 15 is 0 Å². The molecule has 1 N–H and O–H groups in total. The number of hydrogen-bond donors (Lipinski definition) is 1. The summed E-state index contributed by atoms with van der Waals surface area (Å²) in [5.74, 6) is -0.0790. The topological polar surface area (TPSA) is 62.6 Å². The molecule has 5 heteroatoms. The fourth-order valence-corrected chi connectivity index (χ4v) is 3.58. The molecule has 0 bridgehead atoms. The van der Waals surface area contributed by atoms with Crippen LogP contribution in [0.1, 0.15) is 37.0 Å². The van der Waals surface area contributed by atoms with Gasteiger partial charge in [-0.2, -0.15) is 0 Å². The number of amides is 1. The summed E-state index contributed by atoms with van der Waals surface area (Å²) in [5, 5.41) is 3.82. The molecule has 0 aliphatic carbocycles. The lowest BCUT2D eigenvalue weighted by Gasteiger charge is -2.21. The predicted molar refractivity (Wildman–Crippen MR) is 117 cm³/mol. The second-order valence-corrected chi connectivity index (χ2v) is 7.11. The van der Waals surface area contributed by atoms with E-state index in [1.165, 1.54) is 0 Å². The Hall–Kier alpha value is -3.08. The van der Waals surface area contributed by atoms with Crippen molar-refractivity contribution in [3.05, 3.63) is 75.6 Å². The molecule has 152 valence electrons. The third-order valence-corrected chi connectivity index (χ3v) is 5.33. The SMILES string of the molecule is CCN(CC)c1ccc2c(C)c(CCC(=O)NCc3ccccc3)c(=O)oc2c1. The van der Waals surface area contributed by atoms with Gasteiger partial charge in [0.2, 0.25) is 5.91 Å². The molecule has 1 amide bonds. The number of anilines is 1. The molecule has 1 aromatic heterocycles. The minimum absolute atomic E-state index is 0.0790. The molecular formula is C24H28N2O3. The van der Waals surface area contributed by atoms with Gasteiger partial charge in [-0.25, -0.2) is 4.79 Å². The van der Waals surface area contributed by atoms with Crippen LogP contribution in [-0.4, -0.2) is 19.0 Å². The Morgan fingerprint density at radius 1 is 1.07 bits per heavy atom. The molecule has 0 radical (unpaired) electrons. The maximum atomic E-state index is 12.6. The maximum Gasteiger partial charge on any atom is 0.339 e. The zero-order valence-corrected chi connectivity index (χ0v) is 17.3. The highest BCUT2D eigenvalue weighted by molar-refractivity contribution is 5.84. The highest BCUT2D eigenvalue weighted by Crippen LogP contribution is 2.25. The lowest BCUT2D eigenvalue weighted by molar-refractivity contribution is -0.121. The Bertz CT molecular complexity index is 1040. The van der Waals surface area contributed by atoms with Gasteiger partial charge in [0.05, 0.1) is 0 Å². The van der Waals surface area contributed by atoms with Crippen molar-refractivity contribution in [2.75, 3.05) is 18.0 Å². The van der Waals surface area contributed by atoms with E-state index in [4.69, 9.17) is 4.42 Å². The van der Waals surface area contributed by atoms with E-state index in [1.54, 1.807) is 0 Å². The molecule has 0 saturated heterocycles. The van der Waals surface area contributed by atoms with Gasteiger partial charge in [0, 0.05) is 48.8 Å². The highest BCUT2D eigenvalue weighted by atomic mass is 16.4. The number of benzene rings is 2. The van der Waals surface area contributed by atoms with Crippen LogP contribution >= 0.6 is 0 Å². The summed E-state index contributed by atoms with van der Waals surface area (Å²) in [7, 11) is 0. The first-order valence-corrected chi connectivity index (χ1v) is 10.1. The van der Waals surface area contributed by atoms with Crippen LogP contribution in [0, 0.1) is 6.92 Å². The Morgan fingerprint density at radius 2 is 1.79 bits per heavy atom. The predicted octanol–water partition coefficient (Wildman–Crippen LogP) is 4.20. The van der Waals surface area contributed by atoms with Gasteiger partial charge in [0.15, 0.2) is 0 Å².